The summed E-state index contributed by atoms with van der Waals surface area (Å²) in [6.07, 6.45) is 2.24. The Hall–Kier alpha value is -0.110. The van der Waals surface area contributed by atoms with E-state index in [4.69, 9.17) is 17.0 Å². The number of hydrogen-bond donors (Lipinski definition) is 0. The highest BCUT2D eigenvalue weighted by atomic mass is 32.1. The smallest absolute Gasteiger partial charge is 0.164 e. The quantitative estimate of drug-likeness (QED) is 0.641. The van der Waals surface area contributed by atoms with Crippen LogP contribution in [-0.2, 0) is 4.74 Å². The first-order valence-electron chi connectivity index (χ1n) is 4.83. The van der Waals surface area contributed by atoms with E-state index in [-0.39, 0.29) is 5.41 Å². The number of methoxy groups -OCH3 is 1. The zero-order chi connectivity index (χ0) is 10.7. The monoisotopic (exact) mass is 202 g/mol. The third-order valence-corrected chi connectivity index (χ3v) is 3.33. The molecular formula is C11H22OS. The van der Waals surface area contributed by atoms with E-state index in [0.29, 0.717) is 10.5 Å². The van der Waals surface area contributed by atoms with Crippen molar-refractivity contribution >= 4 is 17.3 Å². The molecule has 0 atom stereocenters. The minimum Gasteiger partial charge on any atom is -0.490 e. The van der Waals surface area contributed by atoms with Gasteiger partial charge in [-0.2, -0.15) is 0 Å². The number of thiocarbonyl (C=S) groups is 1. The lowest BCUT2D eigenvalue weighted by molar-refractivity contribution is 0.217. The summed E-state index contributed by atoms with van der Waals surface area (Å²) in [5, 5.41) is 0.717. The molecule has 0 radical (unpaired) electrons. The molecule has 0 aromatic carbocycles. The predicted octanol–water partition coefficient (Wildman–Crippen LogP) is 3.81. The summed E-state index contributed by atoms with van der Waals surface area (Å²) in [7, 11) is 1.66. The summed E-state index contributed by atoms with van der Waals surface area (Å²) in [6, 6.07) is 0. The lowest BCUT2D eigenvalue weighted by Gasteiger charge is -2.33. The van der Waals surface area contributed by atoms with Crippen LogP contribution in [0.2, 0.25) is 0 Å². The molecular weight excluding hydrogens is 180 g/mol. The fourth-order valence-corrected chi connectivity index (χ4v) is 1.74. The Kier molecular flexibility index (Phi) is 4.37. The van der Waals surface area contributed by atoms with Crippen molar-refractivity contribution in [3.05, 3.63) is 0 Å². The predicted molar refractivity (Wildman–Crippen MR) is 62.1 cm³/mol. The molecule has 1 nitrogen and oxygen atoms in total. The van der Waals surface area contributed by atoms with Gasteiger partial charge in [-0.05, 0) is 24.1 Å². The molecule has 0 aliphatic carbocycles. The van der Waals surface area contributed by atoms with E-state index in [1.54, 1.807) is 7.11 Å². The molecule has 0 aliphatic heterocycles. The first-order chi connectivity index (χ1) is 5.75. The van der Waals surface area contributed by atoms with Gasteiger partial charge in [0.05, 0.1) is 7.11 Å². The highest BCUT2D eigenvalue weighted by Crippen LogP contribution is 2.37. The van der Waals surface area contributed by atoms with Crippen LogP contribution in [0, 0.1) is 10.8 Å². The Morgan fingerprint density at radius 3 is 2.00 bits per heavy atom. The zero-order valence-corrected chi connectivity index (χ0v) is 10.5. The van der Waals surface area contributed by atoms with Gasteiger partial charge in [0.15, 0.2) is 5.05 Å². The number of ether oxygens (including phenoxy) is 1. The molecule has 0 heterocycles. The topological polar surface area (TPSA) is 9.23 Å². The average molecular weight is 202 g/mol. The van der Waals surface area contributed by atoms with E-state index in [1.807, 2.05) is 0 Å². The van der Waals surface area contributed by atoms with Crippen molar-refractivity contribution in [2.75, 3.05) is 7.11 Å². The van der Waals surface area contributed by atoms with Gasteiger partial charge in [0.1, 0.15) is 0 Å². The van der Waals surface area contributed by atoms with Gasteiger partial charge in [-0.1, -0.05) is 41.0 Å². The fraction of sp³-hybridized carbons (Fsp3) is 0.909. The third kappa shape index (κ3) is 4.08. The van der Waals surface area contributed by atoms with Gasteiger partial charge in [-0.25, -0.2) is 0 Å². The SMILES string of the molecule is CCC(C)(C)CC(C)(C)C(=S)OC. The second-order valence-electron chi connectivity index (χ2n) is 5.07. The molecule has 0 bridgehead atoms. The van der Waals surface area contributed by atoms with Crippen LogP contribution in [0.1, 0.15) is 47.5 Å². The molecule has 0 fully saturated rings. The van der Waals surface area contributed by atoms with Crippen molar-refractivity contribution < 1.29 is 4.74 Å². The van der Waals surface area contributed by atoms with Crippen molar-refractivity contribution in [2.45, 2.75) is 47.5 Å². The Balaban J connectivity index is 4.41. The lowest BCUT2D eigenvalue weighted by Crippen LogP contribution is -2.30. The average Bonchev–Trinajstić information content (AvgIpc) is 2.01. The molecule has 0 aromatic heterocycles. The summed E-state index contributed by atoms with van der Waals surface area (Å²) in [6.45, 7) is 11.1. The minimum absolute atomic E-state index is 0.00356. The van der Waals surface area contributed by atoms with E-state index >= 15 is 0 Å². The first kappa shape index (κ1) is 12.9. The fourth-order valence-electron chi connectivity index (χ4n) is 1.67. The van der Waals surface area contributed by atoms with E-state index in [2.05, 4.69) is 34.6 Å². The van der Waals surface area contributed by atoms with Crippen LogP contribution in [0.4, 0.5) is 0 Å². The van der Waals surface area contributed by atoms with Crippen molar-refractivity contribution in [3.8, 4) is 0 Å². The Labute approximate surface area is 87.9 Å². The highest BCUT2D eigenvalue weighted by Gasteiger charge is 2.31. The molecule has 0 saturated carbocycles. The molecule has 2 heteroatoms. The zero-order valence-electron chi connectivity index (χ0n) is 9.73. The van der Waals surface area contributed by atoms with Gasteiger partial charge in [0, 0.05) is 5.41 Å². The van der Waals surface area contributed by atoms with E-state index in [0.717, 1.165) is 6.42 Å². The van der Waals surface area contributed by atoms with Gasteiger partial charge >= 0.3 is 0 Å². The van der Waals surface area contributed by atoms with Gasteiger partial charge in [0.2, 0.25) is 0 Å². The van der Waals surface area contributed by atoms with Gasteiger partial charge in [-0.3, -0.25) is 0 Å². The second kappa shape index (κ2) is 4.41. The van der Waals surface area contributed by atoms with E-state index in [1.165, 1.54) is 6.42 Å². The maximum atomic E-state index is 5.19. The molecule has 0 amide bonds. The van der Waals surface area contributed by atoms with Gasteiger partial charge < -0.3 is 4.74 Å². The van der Waals surface area contributed by atoms with E-state index < -0.39 is 0 Å². The highest BCUT2D eigenvalue weighted by molar-refractivity contribution is 7.80. The second-order valence-corrected chi connectivity index (χ2v) is 5.44. The molecule has 0 N–H and O–H groups in total. The molecule has 0 aliphatic rings. The van der Waals surface area contributed by atoms with Crippen LogP contribution in [0.3, 0.4) is 0 Å². The van der Waals surface area contributed by atoms with Crippen molar-refractivity contribution in [2.24, 2.45) is 10.8 Å². The van der Waals surface area contributed by atoms with Crippen LogP contribution in [0.25, 0.3) is 0 Å². The largest absolute Gasteiger partial charge is 0.490 e. The Bertz CT molecular complexity index is 183. The van der Waals surface area contributed by atoms with Crippen molar-refractivity contribution in [1.82, 2.24) is 0 Å². The molecule has 0 saturated heterocycles. The summed E-state index contributed by atoms with van der Waals surface area (Å²) < 4.78 is 5.14. The third-order valence-electron chi connectivity index (χ3n) is 2.62. The van der Waals surface area contributed by atoms with Crippen molar-refractivity contribution in [3.63, 3.8) is 0 Å². The molecule has 13 heavy (non-hydrogen) atoms. The van der Waals surface area contributed by atoms with E-state index in [9.17, 15) is 0 Å². The molecule has 0 spiro atoms. The molecule has 0 rings (SSSR count). The summed E-state index contributed by atoms with van der Waals surface area (Å²) in [5.41, 5.74) is 0.343. The lowest BCUT2D eigenvalue weighted by atomic mass is 9.74. The number of rotatable bonds is 4. The summed E-state index contributed by atoms with van der Waals surface area (Å²) >= 11 is 5.19. The molecule has 0 unspecified atom stereocenters. The Morgan fingerprint density at radius 2 is 1.69 bits per heavy atom. The van der Waals surface area contributed by atoms with Crippen LogP contribution >= 0.6 is 12.2 Å². The van der Waals surface area contributed by atoms with Crippen LogP contribution in [0.15, 0.2) is 0 Å². The van der Waals surface area contributed by atoms with Crippen molar-refractivity contribution in [1.29, 1.82) is 0 Å². The molecule has 0 aromatic rings. The summed E-state index contributed by atoms with van der Waals surface area (Å²) in [4.78, 5) is 0. The number of hydrogen-bond acceptors (Lipinski definition) is 2. The van der Waals surface area contributed by atoms with Gasteiger partial charge in [0.25, 0.3) is 0 Å². The maximum absolute atomic E-state index is 5.19. The minimum atomic E-state index is 0.00356. The molecule has 78 valence electrons. The summed E-state index contributed by atoms with van der Waals surface area (Å²) in [5.74, 6) is 0. The van der Waals surface area contributed by atoms with Crippen LogP contribution in [0.5, 0.6) is 0 Å². The van der Waals surface area contributed by atoms with Crippen LogP contribution < -0.4 is 0 Å². The van der Waals surface area contributed by atoms with Gasteiger partial charge in [-0.15, -0.1) is 0 Å². The maximum Gasteiger partial charge on any atom is 0.164 e. The standard InChI is InChI=1S/C11H22OS/c1-7-10(2,3)8-11(4,5)9(13)12-6/h7-8H2,1-6H3. The normalized spacial score (nSPS) is 12.8. The first-order valence-corrected chi connectivity index (χ1v) is 5.24. The Morgan fingerprint density at radius 1 is 1.23 bits per heavy atom. The van der Waals surface area contributed by atoms with Crippen LogP contribution in [-0.4, -0.2) is 12.2 Å².